The number of hydrogen-bond donors (Lipinski definition) is 1. The van der Waals surface area contributed by atoms with Gasteiger partial charge in [-0.2, -0.15) is 0 Å². The van der Waals surface area contributed by atoms with Crippen LogP contribution < -0.4 is 10.1 Å². The number of ether oxygens (including phenoxy) is 1. The number of anilines is 1. The van der Waals surface area contributed by atoms with Crippen molar-refractivity contribution < 1.29 is 9.53 Å². The fourth-order valence-electron chi connectivity index (χ4n) is 1.90. The van der Waals surface area contributed by atoms with Gasteiger partial charge in [0.1, 0.15) is 5.75 Å². The molecule has 0 saturated carbocycles. The Hall–Kier alpha value is -1.71. The van der Waals surface area contributed by atoms with E-state index in [2.05, 4.69) is 12.2 Å². The van der Waals surface area contributed by atoms with Crippen LogP contribution in [0.2, 0.25) is 0 Å². The molecule has 0 radical (unpaired) electrons. The number of benzene rings is 1. The maximum atomic E-state index is 11.9. The van der Waals surface area contributed by atoms with Crippen LogP contribution in [0.3, 0.4) is 0 Å². The van der Waals surface area contributed by atoms with E-state index in [4.69, 9.17) is 4.74 Å². The smallest absolute Gasteiger partial charge is 0.241 e. The summed E-state index contributed by atoms with van der Waals surface area (Å²) in [7, 11) is 0. The van der Waals surface area contributed by atoms with Crippen molar-refractivity contribution in [1.82, 2.24) is 4.90 Å². The molecule has 0 aromatic heterocycles. The molecule has 20 heavy (non-hydrogen) atoms. The average molecular weight is 278 g/mol. The second kappa shape index (κ2) is 9.23. The van der Waals surface area contributed by atoms with Gasteiger partial charge in [0.2, 0.25) is 5.91 Å². The van der Waals surface area contributed by atoms with Gasteiger partial charge in [-0.1, -0.05) is 19.4 Å². The van der Waals surface area contributed by atoms with Gasteiger partial charge < -0.3 is 15.0 Å². The first kappa shape index (κ1) is 16.3. The number of carbonyl (C=O) groups is 1. The predicted octanol–water partition coefficient (Wildman–Crippen LogP) is 3.15. The number of unbranched alkanes of at least 4 members (excludes halogenated alkanes) is 1. The lowest BCUT2D eigenvalue weighted by Crippen LogP contribution is -2.35. The van der Waals surface area contributed by atoms with Gasteiger partial charge in [0.15, 0.2) is 0 Å². The van der Waals surface area contributed by atoms with Gasteiger partial charge in [-0.3, -0.25) is 4.79 Å². The average Bonchev–Trinajstić information content (AvgIpc) is 2.47. The highest BCUT2D eigenvalue weighted by atomic mass is 16.5. The van der Waals surface area contributed by atoms with Crippen molar-refractivity contribution in [3.63, 3.8) is 0 Å². The van der Waals surface area contributed by atoms with Gasteiger partial charge in [-0.15, -0.1) is 0 Å². The lowest BCUT2D eigenvalue weighted by Gasteiger charge is -2.19. The van der Waals surface area contributed by atoms with Gasteiger partial charge in [0, 0.05) is 24.8 Å². The number of nitrogens with zero attached hydrogens (tertiary/aromatic N) is 1. The highest BCUT2D eigenvalue weighted by Gasteiger charge is 2.08. The Morgan fingerprint density at radius 1 is 1.25 bits per heavy atom. The molecule has 0 heterocycles. The third-order valence-corrected chi connectivity index (χ3v) is 3.16. The molecule has 4 nitrogen and oxygen atoms in total. The Morgan fingerprint density at radius 2 is 2.00 bits per heavy atom. The van der Waals surface area contributed by atoms with E-state index in [0.717, 1.165) is 44.0 Å². The molecule has 0 bridgehead atoms. The van der Waals surface area contributed by atoms with Gasteiger partial charge in [-0.05, 0) is 32.4 Å². The summed E-state index contributed by atoms with van der Waals surface area (Å²) >= 11 is 0. The minimum atomic E-state index is 0.118. The monoisotopic (exact) mass is 278 g/mol. The number of rotatable bonds is 9. The van der Waals surface area contributed by atoms with E-state index in [1.165, 1.54) is 0 Å². The molecule has 1 aromatic carbocycles. The lowest BCUT2D eigenvalue weighted by molar-refractivity contribution is -0.128. The Bertz CT molecular complexity index is 403. The zero-order chi connectivity index (χ0) is 14.8. The molecule has 0 aliphatic carbocycles. The molecule has 0 aliphatic heterocycles. The van der Waals surface area contributed by atoms with E-state index in [1.807, 2.05) is 43.0 Å². The number of amides is 1. The van der Waals surface area contributed by atoms with E-state index in [1.54, 1.807) is 0 Å². The van der Waals surface area contributed by atoms with Crippen LogP contribution in [-0.4, -0.2) is 37.0 Å². The zero-order valence-electron chi connectivity index (χ0n) is 12.8. The maximum Gasteiger partial charge on any atom is 0.241 e. The van der Waals surface area contributed by atoms with Crippen molar-refractivity contribution in [2.75, 3.05) is 31.6 Å². The van der Waals surface area contributed by atoms with Crippen LogP contribution in [0.25, 0.3) is 0 Å². The molecule has 0 fully saturated rings. The number of hydrogen-bond acceptors (Lipinski definition) is 3. The number of nitrogens with one attached hydrogen (secondary N) is 1. The summed E-state index contributed by atoms with van der Waals surface area (Å²) in [4.78, 5) is 13.7. The molecule has 1 amide bonds. The van der Waals surface area contributed by atoms with Crippen molar-refractivity contribution in [3.05, 3.63) is 24.3 Å². The fraction of sp³-hybridized carbons (Fsp3) is 0.562. The fourth-order valence-corrected chi connectivity index (χ4v) is 1.90. The molecule has 1 rings (SSSR count). The molecule has 112 valence electrons. The summed E-state index contributed by atoms with van der Waals surface area (Å²) in [5, 5.41) is 3.15. The minimum Gasteiger partial charge on any atom is -0.494 e. The maximum absolute atomic E-state index is 11.9. The van der Waals surface area contributed by atoms with Crippen molar-refractivity contribution in [2.24, 2.45) is 0 Å². The molecule has 0 saturated heterocycles. The summed E-state index contributed by atoms with van der Waals surface area (Å²) in [6.07, 6.45) is 2.18. The molecular formula is C16H26N2O2. The van der Waals surface area contributed by atoms with Crippen molar-refractivity contribution in [2.45, 2.75) is 33.6 Å². The summed E-state index contributed by atoms with van der Waals surface area (Å²) in [6, 6.07) is 7.76. The molecule has 0 atom stereocenters. The number of likely N-dealkylation sites (N-methyl/N-ethyl adjacent to an activating group) is 1. The minimum absolute atomic E-state index is 0.118. The highest BCUT2D eigenvalue weighted by Crippen LogP contribution is 2.17. The Labute approximate surface area is 122 Å². The summed E-state index contributed by atoms with van der Waals surface area (Å²) in [6.45, 7) is 8.67. The molecule has 0 unspecified atom stereocenters. The van der Waals surface area contributed by atoms with Gasteiger partial charge in [0.05, 0.1) is 13.2 Å². The van der Waals surface area contributed by atoms with Crippen LogP contribution in [0.1, 0.15) is 33.6 Å². The van der Waals surface area contributed by atoms with Crippen LogP contribution >= 0.6 is 0 Å². The van der Waals surface area contributed by atoms with Crippen molar-refractivity contribution >= 4 is 11.6 Å². The van der Waals surface area contributed by atoms with Crippen LogP contribution in [0.5, 0.6) is 5.75 Å². The second-order valence-corrected chi connectivity index (χ2v) is 4.65. The normalized spacial score (nSPS) is 10.2. The highest BCUT2D eigenvalue weighted by molar-refractivity contribution is 5.80. The second-order valence-electron chi connectivity index (χ2n) is 4.65. The van der Waals surface area contributed by atoms with Gasteiger partial charge >= 0.3 is 0 Å². The van der Waals surface area contributed by atoms with E-state index in [0.29, 0.717) is 6.54 Å². The molecule has 1 aromatic rings. The van der Waals surface area contributed by atoms with E-state index < -0.39 is 0 Å². The van der Waals surface area contributed by atoms with Crippen LogP contribution in [0.4, 0.5) is 5.69 Å². The lowest BCUT2D eigenvalue weighted by atomic mass is 10.3. The first-order valence-corrected chi connectivity index (χ1v) is 7.45. The van der Waals surface area contributed by atoms with E-state index in [-0.39, 0.29) is 5.91 Å². The van der Waals surface area contributed by atoms with Crippen LogP contribution in [0, 0.1) is 0 Å². The Balaban J connectivity index is 2.47. The molecule has 1 N–H and O–H groups in total. The van der Waals surface area contributed by atoms with Crippen LogP contribution in [0.15, 0.2) is 24.3 Å². The molecular weight excluding hydrogens is 252 g/mol. The SMILES string of the molecule is CCCCOc1cccc(NCC(=O)N(CC)CC)c1. The molecule has 0 aliphatic rings. The first-order chi connectivity index (χ1) is 9.71. The Morgan fingerprint density at radius 3 is 2.65 bits per heavy atom. The van der Waals surface area contributed by atoms with Crippen LogP contribution in [-0.2, 0) is 4.79 Å². The van der Waals surface area contributed by atoms with Gasteiger partial charge in [0.25, 0.3) is 0 Å². The van der Waals surface area contributed by atoms with Crippen molar-refractivity contribution in [1.29, 1.82) is 0 Å². The standard InChI is InChI=1S/C16H26N2O2/c1-4-7-11-20-15-10-8-9-14(12-15)17-13-16(19)18(5-2)6-3/h8-10,12,17H,4-7,11,13H2,1-3H3. The quantitative estimate of drug-likeness (QED) is 0.706. The zero-order valence-corrected chi connectivity index (χ0v) is 12.8. The largest absolute Gasteiger partial charge is 0.494 e. The summed E-state index contributed by atoms with van der Waals surface area (Å²) in [5.74, 6) is 0.964. The van der Waals surface area contributed by atoms with Crippen molar-refractivity contribution in [3.8, 4) is 5.75 Å². The summed E-state index contributed by atoms with van der Waals surface area (Å²) < 4.78 is 5.65. The summed E-state index contributed by atoms with van der Waals surface area (Å²) in [5.41, 5.74) is 0.916. The Kier molecular flexibility index (Phi) is 7.55. The first-order valence-electron chi connectivity index (χ1n) is 7.45. The molecule has 0 spiro atoms. The van der Waals surface area contributed by atoms with E-state index >= 15 is 0 Å². The third-order valence-electron chi connectivity index (χ3n) is 3.16. The van der Waals surface area contributed by atoms with Gasteiger partial charge in [-0.25, -0.2) is 0 Å². The molecule has 4 heteroatoms. The topological polar surface area (TPSA) is 41.6 Å². The number of carbonyl (C=O) groups excluding carboxylic acids is 1. The predicted molar refractivity (Wildman–Crippen MR) is 83.3 cm³/mol. The third kappa shape index (κ3) is 5.51. The van der Waals surface area contributed by atoms with E-state index in [9.17, 15) is 4.79 Å².